The first-order valence-electron chi connectivity index (χ1n) is 7.09. The van der Waals surface area contributed by atoms with E-state index in [1.165, 1.54) is 7.11 Å². The maximum absolute atomic E-state index is 11.8. The first kappa shape index (κ1) is 19.4. The van der Waals surface area contributed by atoms with E-state index < -0.39 is 29.9 Å². The predicted octanol–water partition coefficient (Wildman–Crippen LogP) is -0.210. The molecule has 0 saturated heterocycles. The molecule has 1 unspecified atom stereocenters. The molecule has 21 heavy (non-hydrogen) atoms. The van der Waals surface area contributed by atoms with Crippen LogP contribution in [0.25, 0.3) is 0 Å². The van der Waals surface area contributed by atoms with Gasteiger partial charge in [0.05, 0.1) is 19.7 Å². The quantitative estimate of drug-likeness (QED) is 0.537. The van der Waals surface area contributed by atoms with E-state index in [4.69, 9.17) is 5.73 Å². The first-order valence-corrected chi connectivity index (χ1v) is 7.09. The van der Waals surface area contributed by atoms with Gasteiger partial charge in [-0.05, 0) is 18.3 Å². The average molecular weight is 301 g/mol. The van der Waals surface area contributed by atoms with E-state index in [2.05, 4.69) is 15.4 Å². The van der Waals surface area contributed by atoms with Crippen LogP contribution in [-0.4, -0.2) is 43.5 Å². The van der Waals surface area contributed by atoms with Crippen LogP contribution < -0.4 is 16.4 Å². The van der Waals surface area contributed by atoms with Crippen molar-refractivity contribution in [1.82, 2.24) is 10.6 Å². The number of rotatable bonds is 8. The third-order valence-corrected chi connectivity index (χ3v) is 2.97. The molecule has 2 atom stereocenters. The van der Waals surface area contributed by atoms with E-state index in [0.717, 1.165) is 0 Å². The summed E-state index contributed by atoms with van der Waals surface area (Å²) in [5, 5.41) is 5.00. The second-order valence-electron chi connectivity index (χ2n) is 5.76. The van der Waals surface area contributed by atoms with Gasteiger partial charge in [0.2, 0.25) is 11.8 Å². The number of ether oxygens (including phenoxy) is 1. The lowest BCUT2D eigenvalue weighted by Gasteiger charge is -2.19. The Balaban J connectivity index is 4.38. The van der Waals surface area contributed by atoms with Gasteiger partial charge in [0.15, 0.2) is 0 Å². The molecule has 7 nitrogen and oxygen atoms in total. The van der Waals surface area contributed by atoms with Crippen LogP contribution >= 0.6 is 0 Å². The van der Waals surface area contributed by atoms with Gasteiger partial charge in [-0.15, -0.1) is 0 Å². The topological polar surface area (TPSA) is 111 Å². The summed E-state index contributed by atoms with van der Waals surface area (Å²) in [4.78, 5) is 35.0. The number of hydrogen-bond acceptors (Lipinski definition) is 5. The van der Waals surface area contributed by atoms with Gasteiger partial charge in [-0.1, -0.05) is 27.7 Å². The first-order chi connectivity index (χ1) is 9.68. The molecule has 122 valence electrons. The van der Waals surface area contributed by atoms with Gasteiger partial charge in [0.25, 0.3) is 0 Å². The number of nitrogens with two attached hydrogens (primary N) is 1. The molecule has 0 heterocycles. The van der Waals surface area contributed by atoms with Crippen molar-refractivity contribution < 1.29 is 19.1 Å². The smallest absolute Gasteiger partial charge is 0.328 e. The van der Waals surface area contributed by atoms with Gasteiger partial charge < -0.3 is 21.1 Å². The number of hydrogen-bond donors (Lipinski definition) is 3. The molecule has 0 spiro atoms. The molecule has 0 aliphatic heterocycles. The van der Waals surface area contributed by atoms with Crippen LogP contribution in [0.2, 0.25) is 0 Å². The van der Waals surface area contributed by atoms with Crippen molar-refractivity contribution in [2.24, 2.45) is 17.6 Å². The van der Waals surface area contributed by atoms with E-state index in [9.17, 15) is 14.4 Å². The third-order valence-electron chi connectivity index (χ3n) is 2.97. The van der Waals surface area contributed by atoms with E-state index in [-0.39, 0.29) is 18.4 Å². The zero-order valence-electron chi connectivity index (χ0n) is 13.4. The molecule has 4 N–H and O–H groups in total. The molecular weight excluding hydrogens is 274 g/mol. The fourth-order valence-electron chi connectivity index (χ4n) is 1.66. The van der Waals surface area contributed by atoms with E-state index in [1.807, 2.05) is 27.7 Å². The summed E-state index contributed by atoms with van der Waals surface area (Å²) in [5.41, 5.74) is 5.67. The maximum atomic E-state index is 11.8. The van der Waals surface area contributed by atoms with Crippen molar-refractivity contribution in [3.8, 4) is 0 Å². The Kier molecular flexibility index (Phi) is 8.61. The number of esters is 1. The lowest BCUT2D eigenvalue weighted by atomic mass is 10.0. The highest BCUT2D eigenvalue weighted by molar-refractivity contribution is 5.89. The summed E-state index contributed by atoms with van der Waals surface area (Å²) < 4.78 is 4.65. The number of carbonyl (C=O) groups excluding carboxylic acids is 3. The van der Waals surface area contributed by atoms with Crippen molar-refractivity contribution in [3.63, 3.8) is 0 Å². The molecule has 0 radical (unpaired) electrons. The Labute approximate surface area is 126 Å². The van der Waals surface area contributed by atoms with Gasteiger partial charge in [-0.25, -0.2) is 4.79 Å². The molecule has 0 fully saturated rings. The van der Waals surface area contributed by atoms with Crippen LogP contribution in [0.5, 0.6) is 0 Å². The molecule has 0 aromatic rings. The summed E-state index contributed by atoms with van der Waals surface area (Å²) in [6.45, 7) is 7.29. The Bertz CT molecular complexity index is 369. The van der Waals surface area contributed by atoms with E-state index in [0.29, 0.717) is 6.42 Å². The van der Waals surface area contributed by atoms with E-state index in [1.54, 1.807) is 0 Å². The minimum Gasteiger partial charge on any atom is -0.467 e. The van der Waals surface area contributed by atoms with Crippen LogP contribution in [0.1, 0.15) is 34.1 Å². The van der Waals surface area contributed by atoms with Crippen molar-refractivity contribution >= 4 is 17.8 Å². The molecule has 0 rings (SSSR count). The number of amides is 2. The molecule has 0 aromatic heterocycles. The molecule has 0 bridgehead atoms. The average Bonchev–Trinajstić information content (AvgIpc) is 2.41. The highest BCUT2D eigenvalue weighted by atomic mass is 16.5. The van der Waals surface area contributed by atoms with Gasteiger partial charge in [-0.2, -0.15) is 0 Å². The number of carbonyl (C=O) groups is 3. The summed E-state index contributed by atoms with van der Waals surface area (Å²) in [6.07, 6.45) is 0.470. The predicted molar refractivity (Wildman–Crippen MR) is 79.2 cm³/mol. The summed E-state index contributed by atoms with van der Waals surface area (Å²) >= 11 is 0. The van der Waals surface area contributed by atoms with Crippen molar-refractivity contribution in [3.05, 3.63) is 0 Å². The van der Waals surface area contributed by atoms with Gasteiger partial charge in [-0.3, -0.25) is 9.59 Å². The van der Waals surface area contributed by atoms with Crippen LogP contribution in [0.15, 0.2) is 0 Å². The fraction of sp³-hybridized carbons (Fsp3) is 0.786. The van der Waals surface area contributed by atoms with E-state index >= 15 is 0 Å². The Morgan fingerprint density at radius 1 is 1.14 bits per heavy atom. The Morgan fingerprint density at radius 3 is 2.14 bits per heavy atom. The minimum absolute atomic E-state index is 0.0168. The Hall–Kier alpha value is -1.63. The van der Waals surface area contributed by atoms with Crippen LogP contribution in [0.4, 0.5) is 0 Å². The number of methoxy groups -OCH3 is 1. The maximum Gasteiger partial charge on any atom is 0.328 e. The van der Waals surface area contributed by atoms with Crippen molar-refractivity contribution in [2.45, 2.75) is 46.2 Å². The van der Waals surface area contributed by atoms with Gasteiger partial charge >= 0.3 is 5.97 Å². The Morgan fingerprint density at radius 2 is 1.71 bits per heavy atom. The highest BCUT2D eigenvalue weighted by Crippen LogP contribution is 2.06. The lowest BCUT2D eigenvalue weighted by molar-refractivity contribution is -0.145. The monoisotopic (exact) mass is 301 g/mol. The minimum atomic E-state index is -0.710. The second kappa shape index (κ2) is 9.33. The van der Waals surface area contributed by atoms with Crippen LogP contribution in [0.3, 0.4) is 0 Å². The zero-order chi connectivity index (χ0) is 16.6. The summed E-state index contributed by atoms with van der Waals surface area (Å²) in [6, 6.07) is -1.37. The fourth-order valence-corrected chi connectivity index (χ4v) is 1.66. The zero-order valence-corrected chi connectivity index (χ0v) is 13.4. The molecule has 0 aliphatic rings. The van der Waals surface area contributed by atoms with Crippen LogP contribution in [0, 0.1) is 11.8 Å². The molecule has 0 aliphatic carbocycles. The van der Waals surface area contributed by atoms with Crippen molar-refractivity contribution in [2.75, 3.05) is 13.7 Å². The van der Waals surface area contributed by atoms with Gasteiger partial charge in [0, 0.05) is 0 Å². The molecule has 2 amide bonds. The largest absolute Gasteiger partial charge is 0.467 e. The summed E-state index contributed by atoms with van der Waals surface area (Å²) in [7, 11) is 1.27. The van der Waals surface area contributed by atoms with Crippen LogP contribution in [-0.2, 0) is 19.1 Å². The molecule has 7 heteroatoms. The van der Waals surface area contributed by atoms with Crippen molar-refractivity contribution in [1.29, 1.82) is 0 Å². The van der Waals surface area contributed by atoms with Gasteiger partial charge in [0.1, 0.15) is 6.04 Å². The number of nitrogens with one attached hydrogen (secondary N) is 2. The standard InChI is InChI=1S/C14H27N3O4/c1-8(2)6-10(14(20)21-5)17-11(18)7-16-13(19)12(15)9(3)4/h8-10,12H,6-7,15H2,1-5H3,(H,16,19)(H,17,18)/t10?,12-/m0/s1. The normalized spacial score (nSPS) is 13.7. The molecule has 0 saturated carbocycles. The molecular formula is C14H27N3O4. The molecule has 0 aromatic carbocycles. The summed E-state index contributed by atoms with van der Waals surface area (Å²) in [5.74, 6) is -1.13. The third kappa shape index (κ3) is 7.65. The lowest BCUT2D eigenvalue weighted by Crippen LogP contribution is -2.50. The second-order valence-corrected chi connectivity index (χ2v) is 5.76. The SMILES string of the molecule is COC(=O)C(CC(C)C)NC(=O)CNC(=O)[C@@H](N)C(C)C. The highest BCUT2D eigenvalue weighted by Gasteiger charge is 2.23.